The van der Waals surface area contributed by atoms with Gasteiger partial charge in [-0.3, -0.25) is 4.79 Å². The summed E-state index contributed by atoms with van der Waals surface area (Å²) in [6.07, 6.45) is 2.96. The first kappa shape index (κ1) is 16.2. The van der Waals surface area contributed by atoms with E-state index in [9.17, 15) is 14.7 Å². The lowest BCUT2D eigenvalue weighted by Gasteiger charge is -2.19. The second kappa shape index (κ2) is 6.69. The van der Waals surface area contributed by atoms with Crippen LogP contribution in [-0.4, -0.2) is 31.9 Å². The van der Waals surface area contributed by atoms with E-state index in [2.05, 4.69) is 31.3 Å². The molecule has 0 bridgehead atoms. The molecule has 0 aromatic carbocycles. The first-order valence-electron chi connectivity index (χ1n) is 6.60. The number of rotatable bonds is 5. The molecule has 2 aromatic rings. The van der Waals surface area contributed by atoms with Crippen molar-refractivity contribution < 1.29 is 9.90 Å². The molecule has 2 aromatic heterocycles. The third-order valence-electron chi connectivity index (χ3n) is 3.03. The van der Waals surface area contributed by atoms with Gasteiger partial charge < -0.3 is 10.4 Å². The quantitative estimate of drug-likeness (QED) is 0.838. The molecule has 22 heavy (non-hydrogen) atoms. The van der Waals surface area contributed by atoms with Gasteiger partial charge >= 0.3 is 5.97 Å². The Bertz CT molecular complexity index is 731. The summed E-state index contributed by atoms with van der Waals surface area (Å²) in [5.74, 6) is -0.753. The van der Waals surface area contributed by atoms with Crippen molar-refractivity contribution >= 4 is 27.6 Å². The van der Waals surface area contributed by atoms with Crippen molar-refractivity contribution in [3.05, 3.63) is 45.4 Å². The Labute approximate surface area is 135 Å². The van der Waals surface area contributed by atoms with E-state index in [4.69, 9.17) is 0 Å². The van der Waals surface area contributed by atoms with Crippen molar-refractivity contribution in [2.75, 3.05) is 5.32 Å². The van der Waals surface area contributed by atoms with Gasteiger partial charge in [-0.1, -0.05) is 19.9 Å². The number of carbonyl (C=O) groups is 1. The monoisotopic (exact) mass is 366 g/mol. The number of hydrogen-bond acceptors (Lipinski definition) is 5. The molecule has 2 heterocycles. The Morgan fingerprint density at radius 3 is 2.68 bits per heavy atom. The lowest BCUT2D eigenvalue weighted by atomic mass is 10.0. The van der Waals surface area contributed by atoms with E-state index in [0.717, 1.165) is 4.68 Å². The Balaban J connectivity index is 2.39. The predicted octanol–water partition coefficient (Wildman–Crippen LogP) is 1.91. The molecular weight excluding hydrogens is 352 g/mol. The summed E-state index contributed by atoms with van der Waals surface area (Å²) in [6, 6.07) is 4.32. The van der Waals surface area contributed by atoms with Crippen LogP contribution < -0.4 is 10.9 Å². The molecule has 0 radical (unpaired) electrons. The van der Waals surface area contributed by atoms with Crippen LogP contribution in [0.5, 0.6) is 0 Å². The fraction of sp³-hybridized carbons (Fsp3) is 0.286. The van der Waals surface area contributed by atoms with E-state index in [1.165, 1.54) is 6.20 Å². The molecule has 7 nitrogen and oxygen atoms in total. The topological polar surface area (TPSA) is 97.1 Å². The highest BCUT2D eigenvalue weighted by molar-refractivity contribution is 9.10. The third kappa shape index (κ3) is 3.33. The average molecular weight is 367 g/mol. The van der Waals surface area contributed by atoms with Gasteiger partial charge in [0.2, 0.25) is 0 Å². The molecular formula is C14H15BrN4O3. The number of halogens is 1. The summed E-state index contributed by atoms with van der Waals surface area (Å²) in [7, 11) is 0. The molecule has 8 heteroatoms. The summed E-state index contributed by atoms with van der Waals surface area (Å²) >= 11 is 3.20. The van der Waals surface area contributed by atoms with E-state index in [-0.39, 0.29) is 10.4 Å². The normalized spacial score (nSPS) is 12.2. The van der Waals surface area contributed by atoms with E-state index in [0.29, 0.717) is 11.5 Å². The van der Waals surface area contributed by atoms with Crippen LogP contribution in [0, 0.1) is 5.92 Å². The molecule has 116 valence electrons. The van der Waals surface area contributed by atoms with Crippen molar-refractivity contribution in [1.29, 1.82) is 0 Å². The molecule has 2 rings (SSSR count). The summed E-state index contributed by atoms with van der Waals surface area (Å²) in [6.45, 7) is 3.56. The predicted molar refractivity (Wildman–Crippen MR) is 85.2 cm³/mol. The molecule has 2 N–H and O–H groups in total. The van der Waals surface area contributed by atoms with Crippen molar-refractivity contribution in [2.24, 2.45) is 5.92 Å². The minimum absolute atomic E-state index is 0.150. The summed E-state index contributed by atoms with van der Waals surface area (Å²) in [5.41, 5.74) is -0.0881. The molecule has 0 amide bonds. The van der Waals surface area contributed by atoms with Crippen molar-refractivity contribution in [3.8, 4) is 5.82 Å². The molecule has 1 atom stereocenters. The molecule has 0 aliphatic rings. The second-order valence-electron chi connectivity index (χ2n) is 4.98. The van der Waals surface area contributed by atoms with Gasteiger partial charge in [0, 0.05) is 6.20 Å². The minimum atomic E-state index is -0.990. The molecule has 0 aliphatic carbocycles. The highest BCUT2D eigenvalue weighted by atomic mass is 79.9. The summed E-state index contributed by atoms with van der Waals surface area (Å²) in [5, 5.41) is 16.1. The number of carboxylic acid groups (broad SMARTS) is 1. The number of hydrogen-bond donors (Lipinski definition) is 2. The van der Waals surface area contributed by atoms with Crippen LogP contribution >= 0.6 is 15.9 Å². The van der Waals surface area contributed by atoms with Crippen LogP contribution in [0.25, 0.3) is 5.82 Å². The van der Waals surface area contributed by atoms with E-state index >= 15 is 0 Å². The largest absolute Gasteiger partial charge is 0.480 e. The Hall–Kier alpha value is -2.22. The SMILES string of the molecule is CC(C)[C@H](Nc1cnn(-c2ccccn2)c(=O)c1Br)C(=O)O. The zero-order valence-corrected chi connectivity index (χ0v) is 13.6. The van der Waals surface area contributed by atoms with Crippen molar-refractivity contribution in [1.82, 2.24) is 14.8 Å². The van der Waals surface area contributed by atoms with Gasteiger partial charge in [0.25, 0.3) is 5.56 Å². The smallest absolute Gasteiger partial charge is 0.326 e. The van der Waals surface area contributed by atoms with Gasteiger partial charge in [0.1, 0.15) is 10.5 Å². The van der Waals surface area contributed by atoms with Crippen molar-refractivity contribution in [2.45, 2.75) is 19.9 Å². The summed E-state index contributed by atoms with van der Waals surface area (Å²) < 4.78 is 1.35. The number of anilines is 1. The number of nitrogens with zero attached hydrogens (tertiary/aromatic N) is 3. The average Bonchev–Trinajstić information content (AvgIpc) is 2.49. The third-order valence-corrected chi connectivity index (χ3v) is 3.80. The summed E-state index contributed by atoms with van der Waals surface area (Å²) in [4.78, 5) is 27.6. The minimum Gasteiger partial charge on any atom is -0.480 e. The molecule has 0 saturated heterocycles. The fourth-order valence-electron chi connectivity index (χ4n) is 1.86. The van der Waals surface area contributed by atoms with E-state index in [1.807, 2.05) is 0 Å². The van der Waals surface area contributed by atoms with Crippen LogP contribution in [0.1, 0.15) is 13.8 Å². The Morgan fingerprint density at radius 1 is 1.41 bits per heavy atom. The maximum absolute atomic E-state index is 12.3. The van der Waals surface area contributed by atoms with Crippen LogP contribution in [-0.2, 0) is 4.79 Å². The number of aliphatic carboxylic acids is 1. The number of pyridine rings is 1. The van der Waals surface area contributed by atoms with Crippen LogP contribution in [0.2, 0.25) is 0 Å². The highest BCUT2D eigenvalue weighted by Crippen LogP contribution is 2.20. The van der Waals surface area contributed by atoms with E-state index in [1.54, 1.807) is 38.2 Å². The van der Waals surface area contributed by atoms with Gasteiger partial charge in [-0.05, 0) is 34.0 Å². The zero-order chi connectivity index (χ0) is 16.3. The molecule has 0 saturated carbocycles. The molecule has 0 aliphatic heterocycles. The maximum atomic E-state index is 12.3. The molecule has 0 spiro atoms. The van der Waals surface area contributed by atoms with Gasteiger partial charge in [-0.15, -0.1) is 0 Å². The van der Waals surface area contributed by atoms with Gasteiger partial charge in [-0.2, -0.15) is 9.78 Å². The zero-order valence-electron chi connectivity index (χ0n) is 12.0. The van der Waals surface area contributed by atoms with Gasteiger partial charge in [0.15, 0.2) is 5.82 Å². The van der Waals surface area contributed by atoms with Gasteiger partial charge in [-0.25, -0.2) is 9.78 Å². The second-order valence-corrected chi connectivity index (χ2v) is 5.77. The first-order valence-corrected chi connectivity index (χ1v) is 7.39. The lowest BCUT2D eigenvalue weighted by molar-refractivity contribution is -0.138. The Kier molecular flexibility index (Phi) is 4.92. The number of nitrogens with one attached hydrogen (secondary N) is 1. The maximum Gasteiger partial charge on any atom is 0.326 e. The van der Waals surface area contributed by atoms with Crippen molar-refractivity contribution in [3.63, 3.8) is 0 Å². The molecule has 0 fully saturated rings. The van der Waals surface area contributed by atoms with Crippen LogP contribution in [0.3, 0.4) is 0 Å². The lowest BCUT2D eigenvalue weighted by Crippen LogP contribution is -2.35. The van der Waals surface area contributed by atoms with Crippen LogP contribution in [0.15, 0.2) is 39.9 Å². The molecule has 0 unspecified atom stereocenters. The standard InChI is InChI=1S/C14H15BrN4O3/c1-8(2)12(14(21)22)18-9-7-17-19(13(20)11(9)15)10-5-3-4-6-16-10/h3-8,12,18H,1-2H3,(H,21,22)/t12-/m0/s1. The fourth-order valence-corrected chi connectivity index (χ4v) is 2.24. The highest BCUT2D eigenvalue weighted by Gasteiger charge is 2.23. The number of carboxylic acids is 1. The first-order chi connectivity index (χ1) is 10.4. The number of aromatic nitrogens is 3. The van der Waals surface area contributed by atoms with Gasteiger partial charge in [0.05, 0.1) is 11.9 Å². The van der Waals surface area contributed by atoms with E-state index < -0.39 is 17.6 Å². The Morgan fingerprint density at radius 2 is 2.14 bits per heavy atom. The van der Waals surface area contributed by atoms with Crippen LogP contribution in [0.4, 0.5) is 5.69 Å².